The second kappa shape index (κ2) is 3.80. The van der Waals surface area contributed by atoms with E-state index in [-0.39, 0.29) is 0 Å². The van der Waals surface area contributed by atoms with Crippen LogP contribution in [0.3, 0.4) is 0 Å². The highest BCUT2D eigenvalue weighted by molar-refractivity contribution is 5.46. The van der Waals surface area contributed by atoms with E-state index in [0.717, 1.165) is 23.8 Å². The topological polar surface area (TPSA) is 12.0 Å². The van der Waals surface area contributed by atoms with Gasteiger partial charge in [-0.05, 0) is 56.1 Å². The molecule has 2 bridgehead atoms. The molecular weight excluding hydrogens is 194 g/mol. The third kappa shape index (κ3) is 1.63. The number of anilines is 1. The van der Waals surface area contributed by atoms with Gasteiger partial charge in [0.1, 0.15) is 0 Å². The molecule has 2 unspecified atom stereocenters. The van der Waals surface area contributed by atoms with Crippen LogP contribution >= 0.6 is 0 Å². The van der Waals surface area contributed by atoms with Crippen LogP contribution in [-0.2, 0) is 0 Å². The second-order valence-electron chi connectivity index (χ2n) is 5.73. The molecule has 0 heterocycles. The van der Waals surface area contributed by atoms with Crippen molar-refractivity contribution in [2.24, 2.45) is 17.8 Å². The van der Waals surface area contributed by atoms with Gasteiger partial charge in [0.15, 0.2) is 0 Å². The largest absolute Gasteiger partial charge is 0.382 e. The Morgan fingerprint density at radius 3 is 2.38 bits per heavy atom. The first-order valence-corrected chi connectivity index (χ1v) is 6.57. The van der Waals surface area contributed by atoms with Gasteiger partial charge in [0, 0.05) is 11.7 Å². The van der Waals surface area contributed by atoms with Crippen LogP contribution in [0.15, 0.2) is 24.3 Å². The van der Waals surface area contributed by atoms with Crippen molar-refractivity contribution in [3.63, 3.8) is 0 Å². The minimum Gasteiger partial charge on any atom is -0.382 e. The molecule has 2 aliphatic rings. The Hall–Kier alpha value is -0.980. The number of fused-ring (bicyclic) bond motifs is 2. The van der Waals surface area contributed by atoms with Crippen molar-refractivity contribution in [2.45, 2.75) is 39.2 Å². The highest BCUT2D eigenvalue weighted by atomic mass is 15.0. The Morgan fingerprint density at radius 2 is 1.75 bits per heavy atom. The van der Waals surface area contributed by atoms with Gasteiger partial charge in [-0.15, -0.1) is 0 Å². The third-order valence-corrected chi connectivity index (χ3v) is 4.72. The lowest BCUT2D eigenvalue weighted by Gasteiger charge is -2.30. The van der Waals surface area contributed by atoms with E-state index >= 15 is 0 Å². The maximum atomic E-state index is 3.75. The summed E-state index contributed by atoms with van der Waals surface area (Å²) in [5.74, 6) is 2.79. The number of aryl methyl sites for hydroxylation is 1. The first-order chi connectivity index (χ1) is 7.74. The van der Waals surface area contributed by atoms with E-state index in [9.17, 15) is 0 Å². The molecule has 1 aromatic carbocycles. The Bertz CT molecular complexity index is 366. The number of nitrogens with one attached hydrogen (secondary N) is 1. The van der Waals surface area contributed by atoms with Crippen LogP contribution in [0.25, 0.3) is 0 Å². The summed E-state index contributed by atoms with van der Waals surface area (Å²) in [6, 6.07) is 9.55. The number of benzene rings is 1. The average Bonchev–Trinajstić information content (AvgIpc) is 2.85. The molecular formula is C15H21N. The zero-order valence-electron chi connectivity index (χ0n) is 10.2. The van der Waals surface area contributed by atoms with Gasteiger partial charge in [0.05, 0.1) is 0 Å². The summed E-state index contributed by atoms with van der Waals surface area (Å²) in [6.45, 7) is 4.57. The van der Waals surface area contributed by atoms with E-state index in [1.807, 2.05) is 0 Å². The van der Waals surface area contributed by atoms with Crippen LogP contribution < -0.4 is 5.32 Å². The standard InChI is InChI=1S/C15H21N/c1-10-3-7-14(8-4-10)16-15-11(2)12-5-6-13(15)9-12/h3-4,7-8,11-13,15-16H,5-6,9H2,1-2H3/t11-,12?,13?,15-/m1/s1. The summed E-state index contributed by atoms with van der Waals surface area (Å²) in [4.78, 5) is 0. The van der Waals surface area contributed by atoms with E-state index in [1.165, 1.54) is 30.5 Å². The lowest BCUT2D eigenvalue weighted by molar-refractivity contribution is 0.328. The van der Waals surface area contributed by atoms with Crippen LogP contribution in [0.1, 0.15) is 31.7 Å². The molecule has 0 amide bonds. The van der Waals surface area contributed by atoms with Gasteiger partial charge >= 0.3 is 0 Å². The van der Waals surface area contributed by atoms with Gasteiger partial charge < -0.3 is 5.32 Å². The molecule has 1 N–H and O–H groups in total. The van der Waals surface area contributed by atoms with Crippen molar-refractivity contribution < 1.29 is 0 Å². The molecule has 4 atom stereocenters. The predicted molar refractivity (Wildman–Crippen MR) is 68.6 cm³/mol. The SMILES string of the molecule is Cc1ccc(N[C@H]2C3CCC(C3)[C@H]2C)cc1. The predicted octanol–water partition coefficient (Wildman–Crippen LogP) is 3.84. The molecule has 1 aromatic rings. The van der Waals surface area contributed by atoms with Gasteiger partial charge in [0.25, 0.3) is 0 Å². The maximum absolute atomic E-state index is 3.75. The number of hydrogen-bond acceptors (Lipinski definition) is 1. The van der Waals surface area contributed by atoms with Crippen molar-refractivity contribution in [3.05, 3.63) is 29.8 Å². The molecule has 3 rings (SSSR count). The van der Waals surface area contributed by atoms with Crippen LogP contribution in [0, 0.1) is 24.7 Å². The second-order valence-corrected chi connectivity index (χ2v) is 5.73. The van der Waals surface area contributed by atoms with Crippen molar-refractivity contribution in [2.75, 3.05) is 5.32 Å². The molecule has 0 radical (unpaired) electrons. The molecule has 0 saturated heterocycles. The van der Waals surface area contributed by atoms with Crippen molar-refractivity contribution in [1.29, 1.82) is 0 Å². The van der Waals surface area contributed by atoms with E-state index in [4.69, 9.17) is 0 Å². The molecule has 2 aliphatic carbocycles. The third-order valence-electron chi connectivity index (χ3n) is 4.72. The summed E-state index contributed by atoms with van der Waals surface area (Å²) >= 11 is 0. The normalized spacial score (nSPS) is 36.6. The molecule has 1 heteroatoms. The smallest absolute Gasteiger partial charge is 0.0342 e. The zero-order chi connectivity index (χ0) is 11.1. The maximum Gasteiger partial charge on any atom is 0.0342 e. The van der Waals surface area contributed by atoms with Crippen molar-refractivity contribution in [3.8, 4) is 0 Å². The molecule has 0 aliphatic heterocycles. The first kappa shape index (κ1) is 10.2. The van der Waals surface area contributed by atoms with E-state index in [0.29, 0.717) is 0 Å². The lowest BCUT2D eigenvalue weighted by atomic mass is 9.86. The summed E-state index contributed by atoms with van der Waals surface area (Å²) < 4.78 is 0. The van der Waals surface area contributed by atoms with Gasteiger partial charge in [-0.25, -0.2) is 0 Å². The summed E-state index contributed by atoms with van der Waals surface area (Å²) in [5, 5.41) is 3.75. The van der Waals surface area contributed by atoms with Gasteiger partial charge in [0.2, 0.25) is 0 Å². The minimum atomic E-state index is 0.724. The Balaban J connectivity index is 1.73. The molecule has 2 fully saturated rings. The highest BCUT2D eigenvalue weighted by Gasteiger charge is 2.44. The van der Waals surface area contributed by atoms with E-state index in [2.05, 4.69) is 43.4 Å². The molecule has 0 spiro atoms. The highest BCUT2D eigenvalue weighted by Crippen LogP contribution is 2.49. The Kier molecular flexibility index (Phi) is 2.42. The first-order valence-electron chi connectivity index (χ1n) is 6.57. The lowest BCUT2D eigenvalue weighted by Crippen LogP contribution is -2.32. The van der Waals surface area contributed by atoms with Gasteiger partial charge in [-0.2, -0.15) is 0 Å². The van der Waals surface area contributed by atoms with Crippen LogP contribution in [0.5, 0.6) is 0 Å². The van der Waals surface area contributed by atoms with Crippen molar-refractivity contribution >= 4 is 5.69 Å². The molecule has 86 valence electrons. The quantitative estimate of drug-likeness (QED) is 0.790. The molecule has 2 saturated carbocycles. The summed E-state index contributed by atoms with van der Waals surface area (Å²) in [5.41, 5.74) is 2.64. The summed E-state index contributed by atoms with van der Waals surface area (Å²) in [7, 11) is 0. The average molecular weight is 215 g/mol. The Morgan fingerprint density at radius 1 is 1.06 bits per heavy atom. The van der Waals surface area contributed by atoms with Crippen LogP contribution in [0.2, 0.25) is 0 Å². The molecule has 0 aromatic heterocycles. The number of rotatable bonds is 2. The Labute approximate surface area is 98.3 Å². The van der Waals surface area contributed by atoms with E-state index in [1.54, 1.807) is 0 Å². The fourth-order valence-corrected chi connectivity index (χ4v) is 3.67. The van der Waals surface area contributed by atoms with Gasteiger partial charge in [-0.1, -0.05) is 24.6 Å². The van der Waals surface area contributed by atoms with Crippen LogP contribution in [0.4, 0.5) is 5.69 Å². The fraction of sp³-hybridized carbons (Fsp3) is 0.600. The zero-order valence-corrected chi connectivity index (χ0v) is 10.2. The van der Waals surface area contributed by atoms with Crippen LogP contribution in [-0.4, -0.2) is 6.04 Å². The fourth-order valence-electron chi connectivity index (χ4n) is 3.67. The summed E-state index contributed by atoms with van der Waals surface area (Å²) in [6.07, 6.45) is 4.38. The van der Waals surface area contributed by atoms with Crippen molar-refractivity contribution in [1.82, 2.24) is 0 Å². The number of hydrogen-bond donors (Lipinski definition) is 1. The van der Waals surface area contributed by atoms with Gasteiger partial charge in [-0.3, -0.25) is 0 Å². The van der Waals surface area contributed by atoms with E-state index < -0.39 is 0 Å². The monoisotopic (exact) mass is 215 g/mol. The minimum absolute atomic E-state index is 0.724. The molecule has 16 heavy (non-hydrogen) atoms. The molecule has 1 nitrogen and oxygen atoms in total.